The van der Waals surface area contributed by atoms with E-state index in [9.17, 15) is 14.4 Å². The fraction of sp³-hybridized carbons (Fsp3) is 0.450. The molecule has 0 spiro atoms. The molecule has 0 saturated carbocycles. The summed E-state index contributed by atoms with van der Waals surface area (Å²) in [4.78, 5) is 37.3. The molecule has 2 N–H and O–H groups in total. The van der Waals surface area contributed by atoms with Crippen molar-refractivity contribution in [1.82, 2.24) is 29.8 Å². The highest BCUT2D eigenvalue weighted by Crippen LogP contribution is 2.23. The smallest absolute Gasteiger partial charge is 0.262 e. The molecule has 0 aliphatic heterocycles. The second-order valence-electron chi connectivity index (χ2n) is 7.72. The number of carbonyl (C=O) groups excluding carboxylic acids is 2. The Labute approximate surface area is 188 Å². The Morgan fingerprint density at radius 3 is 2.45 bits per heavy atom. The topological polar surface area (TPSA) is 110 Å². The molecule has 9 nitrogen and oxygen atoms in total. The summed E-state index contributed by atoms with van der Waals surface area (Å²) >= 11 is 7.36. The first-order valence-electron chi connectivity index (χ1n) is 9.96. The number of nitrogens with one attached hydrogen (secondary N) is 2. The number of halogens is 1. The van der Waals surface area contributed by atoms with Gasteiger partial charge in [0, 0.05) is 30.1 Å². The molecule has 0 saturated heterocycles. The van der Waals surface area contributed by atoms with Crippen molar-refractivity contribution in [3.63, 3.8) is 0 Å². The van der Waals surface area contributed by atoms with Crippen LogP contribution in [0.3, 0.4) is 0 Å². The maximum atomic E-state index is 13.1. The summed E-state index contributed by atoms with van der Waals surface area (Å²) in [6.45, 7) is 7.66. The predicted octanol–water partition coefficient (Wildman–Crippen LogP) is 2.23. The van der Waals surface area contributed by atoms with Gasteiger partial charge in [0.1, 0.15) is 0 Å². The van der Waals surface area contributed by atoms with Gasteiger partial charge in [0.2, 0.25) is 17.6 Å². The monoisotopic (exact) mass is 464 g/mol. The van der Waals surface area contributed by atoms with Crippen molar-refractivity contribution in [2.24, 2.45) is 0 Å². The molecule has 11 heteroatoms. The largest absolute Gasteiger partial charge is 0.354 e. The number of fused-ring (bicyclic) bond motifs is 3. The number of nitrogens with zero attached hydrogens (tertiary/aromatic N) is 4. The molecule has 0 atom stereocenters. The molecule has 0 unspecified atom stereocenters. The van der Waals surface area contributed by atoms with Crippen LogP contribution in [0.1, 0.15) is 34.1 Å². The molecule has 2 amide bonds. The summed E-state index contributed by atoms with van der Waals surface area (Å²) in [6.07, 6.45) is 0.117. The van der Waals surface area contributed by atoms with E-state index in [4.69, 9.17) is 11.6 Å². The number of carbonyl (C=O) groups is 2. The van der Waals surface area contributed by atoms with Gasteiger partial charge in [0.15, 0.2) is 5.16 Å². The molecule has 2 aromatic heterocycles. The third-order valence-electron chi connectivity index (χ3n) is 4.33. The zero-order valence-electron chi connectivity index (χ0n) is 17.8. The molecule has 0 aliphatic rings. The Morgan fingerprint density at radius 1 is 1.10 bits per heavy atom. The third-order valence-corrected chi connectivity index (χ3v) is 5.49. The van der Waals surface area contributed by atoms with Gasteiger partial charge in [0.25, 0.3) is 5.56 Å². The van der Waals surface area contributed by atoms with Crippen LogP contribution >= 0.6 is 23.4 Å². The lowest BCUT2D eigenvalue weighted by Gasteiger charge is -2.13. The average molecular weight is 465 g/mol. The Hall–Kier alpha value is -2.59. The zero-order chi connectivity index (χ0) is 22.7. The molecule has 166 valence electrons. The summed E-state index contributed by atoms with van der Waals surface area (Å²) in [5.74, 6) is 0.182. The first-order chi connectivity index (χ1) is 14.7. The molecular formula is C20H25ClN6O3S. The maximum Gasteiger partial charge on any atom is 0.262 e. The van der Waals surface area contributed by atoms with Gasteiger partial charge in [-0.3, -0.25) is 23.4 Å². The van der Waals surface area contributed by atoms with E-state index < -0.39 is 0 Å². The van der Waals surface area contributed by atoms with Crippen LogP contribution in [0.4, 0.5) is 0 Å². The summed E-state index contributed by atoms with van der Waals surface area (Å²) < 4.78 is 3.14. The lowest BCUT2D eigenvalue weighted by atomic mass is 10.2. The van der Waals surface area contributed by atoms with Crippen LogP contribution in [0.25, 0.3) is 16.7 Å². The second kappa shape index (κ2) is 9.69. The van der Waals surface area contributed by atoms with Crippen LogP contribution < -0.4 is 16.2 Å². The number of thioether (sulfide) groups is 1. The normalized spacial score (nSPS) is 11.6. The van der Waals surface area contributed by atoms with Gasteiger partial charge in [-0.15, -0.1) is 10.2 Å². The van der Waals surface area contributed by atoms with E-state index in [-0.39, 0.29) is 48.2 Å². The molecule has 31 heavy (non-hydrogen) atoms. The highest BCUT2D eigenvalue weighted by atomic mass is 35.5. The number of rotatable bonds is 8. The summed E-state index contributed by atoms with van der Waals surface area (Å²) in [6, 6.07) is 5.04. The van der Waals surface area contributed by atoms with Gasteiger partial charge in [-0.2, -0.15) is 0 Å². The number of hydrogen-bond donors (Lipinski definition) is 2. The first-order valence-corrected chi connectivity index (χ1v) is 11.3. The Bertz CT molecular complexity index is 1190. The van der Waals surface area contributed by atoms with Crippen molar-refractivity contribution in [3.05, 3.63) is 33.6 Å². The molecule has 0 radical (unpaired) electrons. The van der Waals surface area contributed by atoms with Crippen molar-refractivity contribution in [3.8, 4) is 0 Å². The quantitative estimate of drug-likeness (QED) is 0.494. The van der Waals surface area contributed by atoms with E-state index in [2.05, 4.69) is 20.8 Å². The van der Waals surface area contributed by atoms with Gasteiger partial charge >= 0.3 is 0 Å². The molecule has 3 rings (SSSR count). The van der Waals surface area contributed by atoms with Crippen LogP contribution in [0.15, 0.2) is 28.2 Å². The van der Waals surface area contributed by atoms with Crippen LogP contribution in [-0.2, 0) is 16.1 Å². The van der Waals surface area contributed by atoms with Gasteiger partial charge in [-0.05, 0) is 45.9 Å². The van der Waals surface area contributed by atoms with Crippen LogP contribution in [0.5, 0.6) is 0 Å². The minimum atomic E-state index is -0.302. The van der Waals surface area contributed by atoms with Crippen molar-refractivity contribution < 1.29 is 9.59 Å². The molecule has 0 bridgehead atoms. The molecule has 0 fully saturated rings. The van der Waals surface area contributed by atoms with E-state index >= 15 is 0 Å². The van der Waals surface area contributed by atoms with E-state index in [0.717, 1.165) is 0 Å². The lowest BCUT2D eigenvalue weighted by Crippen LogP contribution is -2.32. The Kier molecular flexibility index (Phi) is 7.22. The van der Waals surface area contributed by atoms with Gasteiger partial charge in [0.05, 0.1) is 16.7 Å². The van der Waals surface area contributed by atoms with E-state index in [1.165, 1.54) is 16.3 Å². The van der Waals surface area contributed by atoms with Gasteiger partial charge in [-0.1, -0.05) is 23.4 Å². The Morgan fingerprint density at radius 2 is 1.77 bits per heavy atom. The van der Waals surface area contributed by atoms with E-state index in [1.54, 1.807) is 22.6 Å². The third kappa shape index (κ3) is 5.37. The van der Waals surface area contributed by atoms with Gasteiger partial charge < -0.3 is 10.6 Å². The number of amides is 2. The maximum absolute atomic E-state index is 13.1. The molecule has 0 aliphatic carbocycles. The summed E-state index contributed by atoms with van der Waals surface area (Å²) in [7, 11) is 0. The zero-order valence-corrected chi connectivity index (χ0v) is 19.4. The number of aryl methyl sites for hydroxylation is 1. The van der Waals surface area contributed by atoms with Crippen LogP contribution in [-0.4, -0.2) is 48.8 Å². The highest BCUT2D eigenvalue weighted by Gasteiger charge is 2.19. The van der Waals surface area contributed by atoms with Crippen LogP contribution in [0, 0.1) is 0 Å². The minimum Gasteiger partial charge on any atom is -0.354 e. The second-order valence-corrected chi connectivity index (χ2v) is 9.10. The van der Waals surface area contributed by atoms with Crippen LogP contribution in [0.2, 0.25) is 5.02 Å². The van der Waals surface area contributed by atoms with E-state index in [0.29, 0.717) is 26.9 Å². The van der Waals surface area contributed by atoms with Crippen molar-refractivity contribution in [1.29, 1.82) is 0 Å². The minimum absolute atomic E-state index is 0.00716. The lowest BCUT2D eigenvalue weighted by molar-refractivity contribution is -0.122. The molecular weight excluding hydrogens is 440 g/mol. The molecule has 2 heterocycles. The average Bonchev–Trinajstić information content (AvgIpc) is 3.09. The Balaban J connectivity index is 2.04. The fourth-order valence-electron chi connectivity index (χ4n) is 3.15. The standard InChI is InChI=1S/C20H25ClN6O3S/c1-11(2)22-16(28)7-8-26-18(30)14-9-13(21)5-6-15(14)27-19(26)24-25-20(27)31-10-17(29)23-12(3)4/h5-6,9,11-12H,7-8,10H2,1-4H3,(H,22,28)(H,23,29). The molecule has 1 aromatic carbocycles. The summed E-state index contributed by atoms with van der Waals surface area (Å²) in [5.41, 5.74) is 0.285. The highest BCUT2D eigenvalue weighted by molar-refractivity contribution is 7.99. The number of aromatic nitrogens is 4. The predicted molar refractivity (Wildman–Crippen MR) is 122 cm³/mol. The number of benzene rings is 1. The van der Waals surface area contributed by atoms with Gasteiger partial charge in [-0.25, -0.2) is 0 Å². The fourth-order valence-corrected chi connectivity index (χ4v) is 4.08. The molecule has 3 aromatic rings. The van der Waals surface area contributed by atoms with Crippen molar-refractivity contribution in [2.45, 2.75) is 57.9 Å². The summed E-state index contributed by atoms with van der Waals surface area (Å²) in [5, 5.41) is 15.3. The SMILES string of the molecule is CC(C)NC(=O)CCn1c(=O)c2cc(Cl)ccc2n2c(SCC(=O)NC(C)C)nnc12. The van der Waals surface area contributed by atoms with Crippen molar-refractivity contribution in [2.75, 3.05) is 5.75 Å². The van der Waals surface area contributed by atoms with E-state index in [1.807, 2.05) is 27.7 Å². The number of hydrogen-bond acceptors (Lipinski definition) is 6. The first kappa shape index (κ1) is 23.1. The van der Waals surface area contributed by atoms with Crippen molar-refractivity contribution >= 4 is 51.9 Å².